The predicted molar refractivity (Wildman–Crippen MR) is 87.7 cm³/mol. The summed E-state index contributed by atoms with van der Waals surface area (Å²) in [5.41, 5.74) is 1.21. The highest BCUT2D eigenvalue weighted by Crippen LogP contribution is 2.27. The summed E-state index contributed by atoms with van der Waals surface area (Å²) in [5.74, 6) is 0.391. The zero-order chi connectivity index (χ0) is 16.2. The minimum atomic E-state index is -0.453. The van der Waals surface area contributed by atoms with Crippen LogP contribution in [-0.4, -0.2) is 58.0 Å². The molecular weight excluding hydrogens is 292 g/mol. The number of rotatable bonds is 5. The Kier molecular flexibility index (Phi) is 5.13. The van der Waals surface area contributed by atoms with Crippen LogP contribution < -0.4 is 5.32 Å². The second-order valence-corrected chi connectivity index (χ2v) is 6.86. The summed E-state index contributed by atoms with van der Waals surface area (Å²) < 4.78 is 1.89. The topological polar surface area (TPSA) is 70.4 Å². The third-order valence-corrected chi connectivity index (χ3v) is 4.87. The molecule has 1 aromatic heterocycles. The number of nitrogens with zero attached hydrogens (tertiary/aromatic N) is 3. The van der Waals surface area contributed by atoms with Crippen LogP contribution in [0.15, 0.2) is 30.1 Å². The van der Waals surface area contributed by atoms with Gasteiger partial charge < -0.3 is 15.3 Å². The fourth-order valence-electron chi connectivity index (χ4n) is 3.53. The minimum absolute atomic E-state index is 0.0320. The fourth-order valence-corrected chi connectivity index (χ4v) is 3.53. The summed E-state index contributed by atoms with van der Waals surface area (Å²) in [6.07, 6.45) is 8.35. The molecule has 1 aromatic rings. The molecular formula is C17H26N4O2. The first-order chi connectivity index (χ1) is 11.1. The summed E-state index contributed by atoms with van der Waals surface area (Å²) in [4.78, 5) is 14.5. The molecule has 3 rings (SSSR count). The molecule has 1 aliphatic carbocycles. The van der Waals surface area contributed by atoms with Gasteiger partial charge in [0.15, 0.2) is 0 Å². The third kappa shape index (κ3) is 4.42. The number of hydrogen-bond acceptors (Lipinski definition) is 4. The molecule has 23 heavy (non-hydrogen) atoms. The number of aliphatic hydroxyl groups excluding tert-OH is 1. The molecule has 126 valence electrons. The standard InChI is InChI=1S/C17H26N4O2/c1-20-7-3-13(4-8-20)11-17(23)19-15-9-14(10-16(15)22)12-21-6-2-5-18-21/h2-3,5-6,14-16,22H,4,7-12H2,1H3,(H,19,23)/t14?,15-,16-/m1/s1. The number of carbonyl (C=O) groups is 1. The van der Waals surface area contributed by atoms with Crippen molar-refractivity contribution in [2.24, 2.45) is 5.92 Å². The van der Waals surface area contributed by atoms with E-state index in [0.29, 0.717) is 12.3 Å². The van der Waals surface area contributed by atoms with Crippen molar-refractivity contribution in [2.75, 3.05) is 20.1 Å². The molecule has 3 atom stereocenters. The number of hydrogen-bond donors (Lipinski definition) is 2. The first-order valence-electron chi connectivity index (χ1n) is 8.41. The van der Waals surface area contributed by atoms with E-state index in [0.717, 1.165) is 38.9 Å². The summed E-state index contributed by atoms with van der Waals surface area (Å²) in [6.45, 7) is 2.73. The molecule has 6 nitrogen and oxygen atoms in total. The Balaban J connectivity index is 1.47. The predicted octanol–water partition coefficient (Wildman–Crippen LogP) is 0.791. The van der Waals surface area contributed by atoms with Crippen molar-refractivity contribution in [3.8, 4) is 0 Å². The second-order valence-electron chi connectivity index (χ2n) is 6.86. The highest BCUT2D eigenvalue weighted by atomic mass is 16.3. The second kappa shape index (κ2) is 7.27. The molecule has 1 unspecified atom stereocenters. The first kappa shape index (κ1) is 16.2. The van der Waals surface area contributed by atoms with Crippen LogP contribution in [0.2, 0.25) is 0 Å². The molecule has 1 amide bonds. The van der Waals surface area contributed by atoms with Gasteiger partial charge in [-0.3, -0.25) is 9.48 Å². The average Bonchev–Trinajstić information content (AvgIpc) is 3.12. The number of carbonyl (C=O) groups excluding carboxylic acids is 1. The molecule has 1 fully saturated rings. The Morgan fingerprint density at radius 3 is 3.04 bits per heavy atom. The Labute approximate surface area is 137 Å². The van der Waals surface area contributed by atoms with E-state index in [4.69, 9.17) is 0 Å². The van der Waals surface area contributed by atoms with Crippen LogP contribution in [-0.2, 0) is 11.3 Å². The van der Waals surface area contributed by atoms with Crippen LogP contribution in [0.1, 0.15) is 25.7 Å². The van der Waals surface area contributed by atoms with E-state index in [1.54, 1.807) is 6.20 Å². The molecule has 1 saturated carbocycles. The van der Waals surface area contributed by atoms with Gasteiger partial charge in [0.05, 0.1) is 12.1 Å². The Morgan fingerprint density at radius 1 is 1.48 bits per heavy atom. The van der Waals surface area contributed by atoms with E-state index >= 15 is 0 Å². The SMILES string of the molecule is CN1CC=C(CC(=O)N[C@@H]2CC(Cn3cccn3)C[C@H]2O)CC1. The van der Waals surface area contributed by atoms with Gasteiger partial charge in [-0.1, -0.05) is 11.6 Å². The molecule has 6 heteroatoms. The number of likely N-dealkylation sites (N-methyl/N-ethyl adjacent to an activating group) is 1. The Hall–Kier alpha value is -1.66. The van der Waals surface area contributed by atoms with Crippen molar-refractivity contribution < 1.29 is 9.90 Å². The Bertz CT molecular complexity index is 555. The molecule has 0 spiro atoms. The Morgan fingerprint density at radius 2 is 2.35 bits per heavy atom. The maximum absolute atomic E-state index is 12.2. The highest BCUT2D eigenvalue weighted by Gasteiger charge is 2.34. The molecule has 2 heterocycles. The van der Waals surface area contributed by atoms with Crippen LogP contribution in [0.25, 0.3) is 0 Å². The smallest absolute Gasteiger partial charge is 0.224 e. The number of amides is 1. The molecule has 2 N–H and O–H groups in total. The number of nitrogens with one attached hydrogen (secondary N) is 1. The molecule has 1 aliphatic heterocycles. The van der Waals surface area contributed by atoms with Gasteiger partial charge in [-0.05, 0) is 38.3 Å². The zero-order valence-electron chi connectivity index (χ0n) is 13.7. The van der Waals surface area contributed by atoms with Gasteiger partial charge in [-0.25, -0.2) is 0 Å². The normalized spacial score (nSPS) is 28.6. The van der Waals surface area contributed by atoms with E-state index in [2.05, 4.69) is 28.4 Å². The molecule has 0 aromatic carbocycles. The van der Waals surface area contributed by atoms with Crippen molar-refractivity contribution >= 4 is 5.91 Å². The van der Waals surface area contributed by atoms with Gasteiger partial charge in [0.2, 0.25) is 5.91 Å². The molecule has 0 bridgehead atoms. The highest BCUT2D eigenvalue weighted by molar-refractivity contribution is 5.79. The summed E-state index contributed by atoms with van der Waals surface area (Å²) in [7, 11) is 2.09. The number of aliphatic hydroxyl groups is 1. The van der Waals surface area contributed by atoms with Gasteiger partial charge in [0, 0.05) is 38.4 Å². The summed E-state index contributed by atoms with van der Waals surface area (Å²) >= 11 is 0. The molecule has 2 aliphatic rings. The maximum atomic E-state index is 12.2. The van der Waals surface area contributed by atoms with Crippen molar-refractivity contribution in [1.82, 2.24) is 20.0 Å². The molecule has 0 radical (unpaired) electrons. The van der Waals surface area contributed by atoms with Gasteiger partial charge in [0.1, 0.15) is 0 Å². The molecule has 0 saturated heterocycles. The maximum Gasteiger partial charge on any atom is 0.224 e. The van der Waals surface area contributed by atoms with E-state index in [1.807, 2.05) is 16.9 Å². The monoisotopic (exact) mass is 318 g/mol. The lowest BCUT2D eigenvalue weighted by molar-refractivity contribution is -0.121. The van der Waals surface area contributed by atoms with Crippen molar-refractivity contribution in [1.29, 1.82) is 0 Å². The van der Waals surface area contributed by atoms with Gasteiger partial charge in [-0.15, -0.1) is 0 Å². The minimum Gasteiger partial charge on any atom is -0.391 e. The summed E-state index contributed by atoms with van der Waals surface area (Å²) in [6, 6.07) is 1.77. The van der Waals surface area contributed by atoms with Crippen LogP contribution in [0.4, 0.5) is 0 Å². The largest absolute Gasteiger partial charge is 0.391 e. The average molecular weight is 318 g/mol. The fraction of sp³-hybridized carbons (Fsp3) is 0.647. The zero-order valence-corrected chi connectivity index (χ0v) is 13.7. The van der Waals surface area contributed by atoms with E-state index in [1.165, 1.54) is 5.57 Å². The quantitative estimate of drug-likeness (QED) is 0.788. The van der Waals surface area contributed by atoms with Crippen LogP contribution >= 0.6 is 0 Å². The van der Waals surface area contributed by atoms with Crippen LogP contribution in [0, 0.1) is 5.92 Å². The lowest BCUT2D eigenvalue weighted by atomic mass is 10.0. The number of aromatic nitrogens is 2. The first-order valence-corrected chi connectivity index (χ1v) is 8.41. The van der Waals surface area contributed by atoms with Crippen LogP contribution in [0.5, 0.6) is 0 Å². The van der Waals surface area contributed by atoms with E-state index < -0.39 is 6.10 Å². The van der Waals surface area contributed by atoms with Crippen molar-refractivity contribution in [3.63, 3.8) is 0 Å². The third-order valence-electron chi connectivity index (χ3n) is 4.87. The lowest BCUT2D eigenvalue weighted by Crippen LogP contribution is -2.40. The van der Waals surface area contributed by atoms with E-state index in [9.17, 15) is 9.90 Å². The van der Waals surface area contributed by atoms with Crippen molar-refractivity contribution in [2.45, 2.75) is 44.4 Å². The van der Waals surface area contributed by atoms with Gasteiger partial charge in [0.25, 0.3) is 0 Å². The van der Waals surface area contributed by atoms with E-state index in [-0.39, 0.29) is 11.9 Å². The van der Waals surface area contributed by atoms with Crippen LogP contribution in [0.3, 0.4) is 0 Å². The van der Waals surface area contributed by atoms with Crippen molar-refractivity contribution in [3.05, 3.63) is 30.1 Å². The van der Waals surface area contributed by atoms with Gasteiger partial charge in [-0.2, -0.15) is 5.10 Å². The summed E-state index contributed by atoms with van der Waals surface area (Å²) in [5, 5.41) is 17.4. The van der Waals surface area contributed by atoms with Gasteiger partial charge >= 0.3 is 0 Å². The lowest BCUT2D eigenvalue weighted by Gasteiger charge is -2.22.